The van der Waals surface area contributed by atoms with Gasteiger partial charge in [-0.1, -0.05) is 26.0 Å². The van der Waals surface area contributed by atoms with Gasteiger partial charge in [0.15, 0.2) is 0 Å². The zero-order valence-corrected chi connectivity index (χ0v) is 15.1. The summed E-state index contributed by atoms with van der Waals surface area (Å²) in [4.78, 5) is 24.9. The van der Waals surface area contributed by atoms with Gasteiger partial charge in [-0.05, 0) is 47.9 Å². The van der Waals surface area contributed by atoms with E-state index >= 15 is 0 Å². The Bertz CT molecular complexity index is 743. The second-order valence-corrected chi connectivity index (χ2v) is 6.27. The van der Waals surface area contributed by atoms with E-state index < -0.39 is 6.04 Å². The molecule has 0 fully saturated rings. The Balaban J connectivity index is 1.98. The van der Waals surface area contributed by atoms with Crippen molar-refractivity contribution in [3.63, 3.8) is 0 Å². The molecule has 2 rings (SSSR count). The van der Waals surface area contributed by atoms with E-state index in [1.54, 1.807) is 43.5 Å². The van der Waals surface area contributed by atoms with Crippen LogP contribution in [0.25, 0.3) is 0 Å². The topological polar surface area (TPSA) is 67.4 Å². The molecule has 6 heteroatoms. The zero-order chi connectivity index (χ0) is 19.1. The van der Waals surface area contributed by atoms with E-state index in [4.69, 9.17) is 4.74 Å². The summed E-state index contributed by atoms with van der Waals surface area (Å²) in [7, 11) is 1.55. The first-order chi connectivity index (χ1) is 12.4. The van der Waals surface area contributed by atoms with Crippen LogP contribution in [0.3, 0.4) is 0 Å². The van der Waals surface area contributed by atoms with Crippen molar-refractivity contribution in [1.82, 2.24) is 10.6 Å². The first-order valence-corrected chi connectivity index (χ1v) is 8.37. The monoisotopic (exact) mass is 358 g/mol. The predicted molar refractivity (Wildman–Crippen MR) is 97.3 cm³/mol. The first kappa shape index (κ1) is 19.4. The minimum absolute atomic E-state index is 0.0922. The van der Waals surface area contributed by atoms with E-state index in [0.29, 0.717) is 11.3 Å². The number of benzene rings is 2. The quantitative estimate of drug-likeness (QED) is 0.800. The Labute approximate surface area is 152 Å². The third kappa shape index (κ3) is 5.31. The van der Waals surface area contributed by atoms with Crippen LogP contribution in [0.2, 0.25) is 0 Å². The van der Waals surface area contributed by atoms with Crippen LogP contribution in [-0.4, -0.2) is 25.0 Å². The van der Waals surface area contributed by atoms with Crippen LogP contribution in [0.1, 0.15) is 29.8 Å². The van der Waals surface area contributed by atoms with Crippen LogP contribution in [-0.2, 0) is 11.3 Å². The summed E-state index contributed by atoms with van der Waals surface area (Å²) in [6, 6.07) is 11.9. The third-order valence-electron chi connectivity index (χ3n) is 3.97. The zero-order valence-electron chi connectivity index (χ0n) is 15.1. The Morgan fingerprint density at radius 2 is 1.65 bits per heavy atom. The molecule has 26 heavy (non-hydrogen) atoms. The highest BCUT2D eigenvalue weighted by Crippen LogP contribution is 2.12. The summed E-state index contributed by atoms with van der Waals surface area (Å²) in [6.07, 6.45) is 0. The molecular weight excluding hydrogens is 335 g/mol. The van der Waals surface area contributed by atoms with Crippen molar-refractivity contribution in [2.24, 2.45) is 5.92 Å². The molecular formula is C20H23FN2O3. The Morgan fingerprint density at radius 1 is 1.04 bits per heavy atom. The van der Waals surface area contributed by atoms with Gasteiger partial charge in [-0.25, -0.2) is 4.39 Å². The molecule has 2 N–H and O–H groups in total. The van der Waals surface area contributed by atoms with E-state index in [2.05, 4.69) is 10.6 Å². The van der Waals surface area contributed by atoms with E-state index in [0.717, 1.165) is 5.56 Å². The third-order valence-corrected chi connectivity index (χ3v) is 3.97. The lowest BCUT2D eigenvalue weighted by atomic mass is 10.0. The number of nitrogens with one attached hydrogen (secondary N) is 2. The van der Waals surface area contributed by atoms with Gasteiger partial charge >= 0.3 is 0 Å². The lowest BCUT2D eigenvalue weighted by Gasteiger charge is -2.22. The first-order valence-electron chi connectivity index (χ1n) is 8.37. The molecule has 5 nitrogen and oxygen atoms in total. The maximum Gasteiger partial charge on any atom is 0.251 e. The molecule has 2 aromatic rings. The van der Waals surface area contributed by atoms with Crippen molar-refractivity contribution in [3.8, 4) is 5.75 Å². The van der Waals surface area contributed by atoms with E-state index in [1.165, 1.54) is 12.1 Å². The largest absolute Gasteiger partial charge is 0.497 e. The molecule has 0 spiro atoms. The van der Waals surface area contributed by atoms with Crippen molar-refractivity contribution in [2.75, 3.05) is 7.11 Å². The average molecular weight is 358 g/mol. The number of hydrogen-bond donors (Lipinski definition) is 2. The summed E-state index contributed by atoms with van der Waals surface area (Å²) in [5, 5.41) is 5.54. The molecule has 0 aliphatic rings. The summed E-state index contributed by atoms with van der Waals surface area (Å²) < 4.78 is 18.0. The Hall–Kier alpha value is -2.89. The van der Waals surface area contributed by atoms with E-state index in [1.807, 2.05) is 13.8 Å². The number of carbonyl (C=O) groups excluding carboxylic acids is 2. The molecule has 1 atom stereocenters. The lowest BCUT2D eigenvalue weighted by Crippen LogP contribution is -2.49. The molecule has 0 bridgehead atoms. The second-order valence-electron chi connectivity index (χ2n) is 6.27. The number of methoxy groups -OCH3 is 1. The summed E-state index contributed by atoms with van der Waals surface area (Å²) in [5.41, 5.74) is 1.23. The molecule has 2 amide bonds. The van der Waals surface area contributed by atoms with Crippen LogP contribution < -0.4 is 15.4 Å². The number of halogens is 1. The molecule has 138 valence electrons. The summed E-state index contributed by atoms with van der Waals surface area (Å²) in [5.74, 6) is -0.384. The van der Waals surface area contributed by atoms with Crippen molar-refractivity contribution >= 4 is 11.8 Å². The van der Waals surface area contributed by atoms with Gasteiger partial charge < -0.3 is 15.4 Å². The van der Waals surface area contributed by atoms with Gasteiger partial charge in [-0.15, -0.1) is 0 Å². The van der Waals surface area contributed by atoms with Crippen LogP contribution in [0.4, 0.5) is 4.39 Å². The highest BCUT2D eigenvalue weighted by molar-refractivity contribution is 5.97. The number of carbonyl (C=O) groups is 2. The highest BCUT2D eigenvalue weighted by Gasteiger charge is 2.24. The van der Waals surface area contributed by atoms with Gasteiger partial charge in [0.25, 0.3) is 5.91 Å². The van der Waals surface area contributed by atoms with Crippen LogP contribution >= 0.6 is 0 Å². The van der Waals surface area contributed by atoms with Crippen LogP contribution in [0.15, 0.2) is 48.5 Å². The molecule has 0 aliphatic carbocycles. The Kier molecular flexibility index (Phi) is 6.72. The normalized spacial score (nSPS) is 11.7. The van der Waals surface area contributed by atoms with Crippen LogP contribution in [0.5, 0.6) is 5.75 Å². The van der Waals surface area contributed by atoms with Crippen LogP contribution in [0, 0.1) is 11.7 Å². The van der Waals surface area contributed by atoms with Crippen molar-refractivity contribution in [3.05, 3.63) is 65.5 Å². The van der Waals surface area contributed by atoms with Gasteiger partial charge in [0.2, 0.25) is 5.91 Å². The van der Waals surface area contributed by atoms with Crippen molar-refractivity contribution < 1.29 is 18.7 Å². The van der Waals surface area contributed by atoms with E-state index in [-0.39, 0.29) is 30.1 Å². The molecule has 0 radical (unpaired) electrons. The van der Waals surface area contributed by atoms with Gasteiger partial charge in [-0.2, -0.15) is 0 Å². The number of ether oxygens (including phenoxy) is 1. The lowest BCUT2D eigenvalue weighted by molar-refractivity contribution is -0.124. The molecule has 0 saturated carbocycles. The summed E-state index contributed by atoms with van der Waals surface area (Å²) in [6.45, 7) is 3.98. The minimum Gasteiger partial charge on any atom is -0.497 e. The fourth-order valence-electron chi connectivity index (χ4n) is 2.40. The van der Waals surface area contributed by atoms with E-state index in [9.17, 15) is 14.0 Å². The molecule has 2 aromatic carbocycles. The maximum absolute atomic E-state index is 12.9. The Morgan fingerprint density at radius 3 is 2.19 bits per heavy atom. The maximum atomic E-state index is 12.9. The number of amides is 2. The smallest absolute Gasteiger partial charge is 0.251 e. The molecule has 0 unspecified atom stereocenters. The minimum atomic E-state index is -0.676. The average Bonchev–Trinajstić information content (AvgIpc) is 2.65. The van der Waals surface area contributed by atoms with Gasteiger partial charge in [0.1, 0.15) is 17.6 Å². The fraction of sp³-hybridized carbons (Fsp3) is 0.300. The van der Waals surface area contributed by atoms with Gasteiger partial charge in [0.05, 0.1) is 7.11 Å². The predicted octanol–water partition coefficient (Wildman–Crippen LogP) is 2.91. The molecule has 0 aliphatic heterocycles. The molecule has 0 aromatic heterocycles. The summed E-state index contributed by atoms with van der Waals surface area (Å²) >= 11 is 0. The van der Waals surface area contributed by atoms with Gasteiger partial charge in [0, 0.05) is 12.1 Å². The van der Waals surface area contributed by atoms with Crippen molar-refractivity contribution in [2.45, 2.75) is 26.4 Å². The highest BCUT2D eigenvalue weighted by atomic mass is 19.1. The fourth-order valence-corrected chi connectivity index (χ4v) is 2.40. The SMILES string of the molecule is COc1ccc(C(=O)N[C@H](C(=O)NCc2ccc(F)cc2)C(C)C)cc1. The standard InChI is InChI=1S/C20H23FN2O3/c1-13(2)18(20(25)22-12-14-4-8-16(21)9-5-14)23-19(24)15-6-10-17(26-3)11-7-15/h4-11,13,18H,12H2,1-3H3,(H,22,25)(H,23,24)/t18-/m0/s1. The van der Waals surface area contributed by atoms with Crippen molar-refractivity contribution in [1.29, 1.82) is 0 Å². The number of rotatable bonds is 7. The number of hydrogen-bond acceptors (Lipinski definition) is 3. The van der Waals surface area contributed by atoms with Gasteiger partial charge in [-0.3, -0.25) is 9.59 Å². The molecule has 0 heterocycles. The second kappa shape index (κ2) is 8.99. The molecule has 0 saturated heterocycles.